The third kappa shape index (κ3) is 5.70. The molecule has 0 bridgehead atoms. The number of aliphatic hydroxyl groups excluding tert-OH is 1. The lowest BCUT2D eigenvalue weighted by atomic mass is 10.1. The van der Waals surface area contributed by atoms with Crippen molar-refractivity contribution in [2.24, 2.45) is 5.90 Å². The van der Waals surface area contributed by atoms with Gasteiger partial charge in [-0.2, -0.15) is 5.90 Å². The molecule has 0 radical (unpaired) electrons. The molecule has 0 heterocycles. The van der Waals surface area contributed by atoms with Crippen LogP contribution in [0.15, 0.2) is 30.3 Å². The second-order valence-corrected chi connectivity index (χ2v) is 3.37. The second-order valence-electron chi connectivity index (χ2n) is 3.37. The number of nitrogens with two attached hydrogens (primary N) is 1. The molecule has 1 aromatic rings. The molecule has 1 aromatic carbocycles. The van der Waals surface area contributed by atoms with E-state index in [1.54, 1.807) is 0 Å². The summed E-state index contributed by atoms with van der Waals surface area (Å²) < 4.78 is 0. The average molecular weight is 246 g/mol. The van der Waals surface area contributed by atoms with E-state index in [1.807, 2.05) is 30.3 Å². The predicted octanol–water partition coefficient (Wildman–Crippen LogP) is 1.21. The van der Waals surface area contributed by atoms with Crippen LogP contribution >= 0.6 is 12.4 Å². The number of aliphatic hydroxyl groups is 1. The third-order valence-electron chi connectivity index (χ3n) is 2.14. The molecule has 0 aliphatic rings. The first-order valence-electron chi connectivity index (χ1n) is 4.84. The van der Waals surface area contributed by atoms with Gasteiger partial charge in [0.05, 0.1) is 12.5 Å². The first-order valence-corrected chi connectivity index (χ1v) is 4.84. The van der Waals surface area contributed by atoms with E-state index in [9.17, 15) is 9.90 Å². The van der Waals surface area contributed by atoms with Crippen molar-refractivity contribution in [3.05, 3.63) is 35.9 Å². The highest BCUT2D eigenvalue weighted by Gasteiger charge is 2.11. The molecule has 90 valence electrons. The Balaban J connectivity index is 0.00000225. The summed E-state index contributed by atoms with van der Waals surface area (Å²) >= 11 is 0. The van der Waals surface area contributed by atoms with Crippen LogP contribution in [0.5, 0.6) is 0 Å². The molecule has 0 aliphatic carbocycles. The number of hydrogen-bond donors (Lipinski definition) is 2. The fourth-order valence-corrected chi connectivity index (χ4v) is 1.32. The van der Waals surface area contributed by atoms with Gasteiger partial charge in [-0.25, -0.2) is 0 Å². The molecular formula is C11H16ClNO3. The lowest BCUT2D eigenvalue weighted by Gasteiger charge is -2.08. The molecule has 3 N–H and O–H groups in total. The first-order chi connectivity index (χ1) is 7.22. The standard InChI is InChI=1S/C11H15NO3.ClH/c12-15-11(14)8-10(13)7-6-9-4-2-1-3-5-9;/h1-5,10,13H,6-8,12H2;1H. The van der Waals surface area contributed by atoms with E-state index >= 15 is 0 Å². The number of halogens is 1. The number of aryl methyl sites for hydroxylation is 1. The summed E-state index contributed by atoms with van der Waals surface area (Å²) in [6.07, 6.45) is 0.517. The summed E-state index contributed by atoms with van der Waals surface area (Å²) in [5.74, 6) is 4.08. The van der Waals surface area contributed by atoms with E-state index in [-0.39, 0.29) is 18.8 Å². The first kappa shape index (κ1) is 14.9. The lowest BCUT2D eigenvalue weighted by molar-refractivity contribution is -0.146. The maximum absolute atomic E-state index is 10.7. The van der Waals surface area contributed by atoms with E-state index in [2.05, 4.69) is 10.7 Å². The van der Waals surface area contributed by atoms with Gasteiger partial charge in [-0.15, -0.1) is 12.4 Å². The minimum atomic E-state index is -0.693. The number of benzene rings is 1. The van der Waals surface area contributed by atoms with E-state index in [0.717, 1.165) is 12.0 Å². The molecule has 0 amide bonds. The Labute approximate surface area is 101 Å². The molecule has 0 saturated heterocycles. The summed E-state index contributed by atoms with van der Waals surface area (Å²) in [4.78, 5) is 14.7. The summed E-state index contributed by atoms with van der Waals surface area (Å²) in [6.45, 7) is 0. The van der Waals surface area contributed by atoms with Crippen LogP contribution in [0.4, 0.5) is 0 Å². The molecule has 4 nitrogen and oxygen atoms in total. The van der Waals surface area contributed by atoms with Gasteiger partial charge in [-0.1, -0.05) is 30.3 Å². The Kier molecular flexibility index (Phi) is 7.54. The Bertz CT molecular complexity index is 305. The Hall–Kier alpha value is -1.10. The Morgan fingerprint density at radius 3 is 2.56 bits per heavy atom. The summed E-state index contributed by atoms with van der Waals surface area (Å²) in [5, 5.41) is 9.46. The fraction of sp³-hybridized carbons (Fsp3) is 0.364. The maximum Gasteiger partial charge on any atom is 0.327 e. The highest BCUT2D eigenvalue weighted by molar-refractivity contribution is 5.85. The Morgan fingerprint density at radius 1 is 1.38 bits per heavy atom. The second kappa shape index (κ2) is 8.10. The van der Waals surface area contributed by atoms with Gasteiger partial charge in [0.15, 0.2) is 0 Å². The molecule has 0 saturated carbocycles. The van der Waals surface area contributed by atoms with E-state index in [1.165, 1.54) is 0 Å². The zero-order chi connectivity index (χ0) is 11.1. The number of carbonyl (C=O) groups excluding carboxylic acids is 1. The minimum Gasteiger partial charge on any atom is -0.393 e. The zero-order valence-corrected chi connectivity index (χ0v) is 9.65. The fourth-order valence-electron chi connectivity index (χ4n) is 1.32. The maximum atomic E-state index is 10.7. The highest BCUT2D eigenvalue weighted by Crippen LogP contribution is 2.07. The SMILES string of the molecule is Cl.NOC(=O)CC(O)CCc1ccccc1. The van der Waals surface area contributed by atoms with Gasteiger partial charge >= 0.3 is 5.97 Å². The van der Waals surface area contributed by atoms with Crippen LogP contribution < -0.4 is 5.90 Å². The van der Waals surface area contributed by atoms with Crippen LogP contribution in [0.2, 0.25) is 0 Å². The number of hydrogen-bond acceptors (Lipinski definition) is 4. The summed E-state index contributed by atoms with van der Waals surface area (Å²) in [6, 6.07) is 9.78. The number of rotatable bonds is 5. The molecule has 1 unspecified atom stereocenters. The van der Waals surface area contributed by atoms with Gasteiger partial charge in [0, 0.05) is 0 Å². The van der Waals surface area contributed by atoms with Gasteiger partial charge < -0.3 is 9.94 Å². The van der Waals surface area contributed by atoms with Crippen molar-refractivity contribution in [2.75, 3.05) is 0 Å². The third-order valence-corrected chi connectivity index (χ3v) is 2.14. The molecule has 16 heavy (non-hydrogen) atoms. The quantitative estimate of drug-likeness (QED) is 0.765. The Morgan fingerprint density at radius 2 is 2.00 bits per heavy atom. The highest BCUT2D eigenvalue weighted by atomic mass is 35.5. The summed E-state index contributed by atoms with van der Waals surface area (Å²) in [7, 11) is 0. The smallest absolute Gasteiger partial charge is 0.327 e. The van der Waals surface area contributed by atoms with Crippen molar-refractivity contribution < 1.29 is 14.7 Å². The van der Waals surface area contributed by atoms with E-state index < -0.39 is 12.1 Å². The van der Waals surface area contributed by atoms with Crippen LogP contribution in [0.1, 0.15) is 18.4 Å². The normalized spacial score (nSPS) is 11.4. The van der Waals surface area contributed by atoms with Crippen LogP contribution in [-0.4, -0.2) is 17.2 Å². The van der Waals surface area contributed by atoms with Crippen molar-refractivity contribution in [1.29, 1.82) is 0 Å². The van der Waals surface area contributed by atoms with Gasteiger partial charge in [0.2, 0.25) is 0 Å². The molecule has 0 aromatic heterocycles. The van der Waals surface area contributed by atoms with Gasteiger partial charge in [0.1, 0.15) is 0 Å². The minimum absolute atomic E-state index is 0. The largest absolute Gasteiger partial charge is 0.393 e. The van der Waals surface area contributed by atoms with Crippen molar-refractivity contribution in [3.8, 4) is 0 Å². The van der Waals surface area contributed by atoms with Crippen molar-refractivity contribution in [1.82, 2.24) is 0 Å². The van der Waals surface area contributed by atoms with Gasteiger partial charge in [-0.3, -0.25) is 4.79 Å². The molecule has 5 heteroatoms. The molecule has 0 aliphatic heterocycles. The summed E-state index contributed by atoms with van der Waals surface area (Å²) in [5.41, 5.74) is 1.14. The average Bonchev–Trinajstić information content (AvgIpc) is 2.27. The predicted molar refractivity (Wildman–Crippen MR) is 62.9 cm³/mol. The lowest BCUT2D eigenvalue weighted by Crippen LogP contribution is -2.18. The number of carbonyl (C=O) groups is 1. The van der Waals surface area contributed by atoms with E-state index in [0.29, 0.717) is 6.42 Å². The monoisotopic (exact) mass is 245 g/mol. The molecule has 1 rings (SSSR count). The van der Waals surface area contributed by atoms with Gasteiger partial charge in [0.25, 0.3) is 0 Å². The topological polar surface area (TPSA) is 72.5 Å². The molecule has 0 fully saturated rings. The van der Waals surface area contributed by atoms with Crippen molar-refractivity contribution in [3.63, 3.8) is 0 Å². The molecular weight excluding hydrogens is 230 g/mol. The van der Waals surface area contributed by atoms with Crippen LogP contribution in [-0.2, 0) is 16.1 Å². The van der Waals surface area contributed by atoms with Crippen LogP contribution in [0, 0.1) is 0 Å². The van der Waals surface area contributed by atoms with E-state index in [4.69, 9.17) is 0 Å². The molecule has 1 atom stereocenters. The van der Waals surface area contributed by atoms with Crippen LogP contribution in [0.25, 0.3) is 0 Å². The zero-order valence-electron chi connectivity index (χ0n) is 8.83. The van der Waals surface area contributed by atoms with Crippen molar-refractivity contribution >= 4 is 18.4 Å². The van der Waals surface area contributed by atoms with Gasteiger partial charge in [-0.05, 0) is 18.4 Å². The van der Waals surface area contributed by atoms with Crippen molar-refractivity contribution in [2.45, 2.75) is 25.4 Å². The molecule has 0 spiro atoms. The van der Waals surface area contributed by atoms with Crippen LogP contribution in [0.3, 0.4) is 0 Å².